The Morgan fingerprint density at radius 1 is 1.25 bits per heavy atom. The fraction of sp³-hybridized carbons (Fsp3) is 0. The van der Waals surface area contributed by atoms with Crippen LogP contribution < -0.4 is 5.73 Å². The van der Waals surface area contributed by atoms with E-state index in [9.17, 15) is 15.0 Å². The molecule has 2 heterocycles. The molecule has 0 amide bonds. The number of para-hydroxylation sites is 1. The Labute approximate surface area is 113 Å². The van der Waals surface area contributed by atoms with Crippen molar-refractivity contribution in [2.45, 2.75) is 0 Å². The summed E-state index contributed by atoms with van der Waals surface area (Å²) in [7, 11) is 0. The molecule has 3 rings (SSSR count). The number of imidazole rings is 1. The van der Waals surface area contributed by atoms with Crippen LogP contribution >= 0.6 is 0 Å². The van der Waals surface area contributed by atoms with Gasteiger partial charge in [-0.1, -0.05) is 12.1 Å². The van der Waals surface area contributed by atoms with Gasteiger partial charge in [-0.2, -0.15) is 0 Å². The number of nitrogens with zero attached hydrogens (tertiary/aromatic N) is 2. The van der Waals surface area contributed by atoms with Crippen LogP contribution in [0.5, 0.6) is 5.75 Å². The number of aromatic hydroxyl groups is 1. The number of benzene rings is 1. The molecule has 100 valence electrons. The van der Waals surface area contributed by atoms with E-state index in [1.54, 1.807) is 40.9 Å². The second-order valence-electron chi connectivity index (χ2n) is 4.32. The topological polar surface area (TPSA) is 101 Å². The minimum Gasteiger partial charge on any atom is -0.507 e. The molecule has 0 spiro atoms. The van der Waals surface area contributed by atoms with Crippen LogP contribution in [-0.2, 0) is 0 Å². The number of hydrogen-bond donors (Lipinski definition) is 3. The molecule has 0 aliphatic carbocycles. The van der Waals surface area contributed by atoms with Crippen molar-refractivity contribution in [1.82, 2.24) is 9.38 Å². The van der Waals surface area contributed by atoms with Gasteiger partial charge in [-0.25, -0.2) is 9.78 Å². The Morgan fingerprint density at radius 3 is 2.70 bits per heavy atom. The monoisotopic (exact) mass is 269 g/mol. The molecule has 1 aromatic carbocycles. The summed E-state index contributed by atoms with van der Waals surface area (Å²) in [6, 6.07) is 9.81. The number of carbonyl (C=O) groups is 1. The maximum atomic E-state index is 11.3. The standard InChI is InChI=1S/C14H11N3O3/c15-8-5-6-17-10(7-8)12(14(19)20)16-13(17)9-3-1-2-4-11(9)18/h1-7,18H,15H2,(H,19,20). The first-order valence-electron chi connectivity index (χ1n) is 5.87. The van der Waals surface area contributed by atoms with Gasteiger partial charge >= 0.3 is 5.97 Å². The number of aromatic nitrogens is 2. The van der Waals surface area contributed by atoms with Crippen LogP contribution in [-0.4, -0.2) is 25.6 Å². The van der Waals surface area contributed by atoms with E-state index in [2.05, 4.69) is 4.98 Å². The SMILES string of the molecule is Nc1ccn2c(-c3ccccc3O)nc(C(=O)O)c2c1. The third-order valence-corrected chi connectivity index (χ3v) is 3.02. The van der Waals surface area contributed by atoms with Gasteiger partial charge in [0.15, 0.2) is 5.69 Å². The first-order valence-corrected chi connectivity index (χ1v) is 5.87. The summed E-state index contributed by atoms with van der Waals surface area (Å²) in [6.07, 6.45) is 1.63. The van der Waals surface area contributed by atoms with Crippen molar-refractivity contribution in [3.05, 3.63) is 48.3 Å². The number of carboxylic acids is 1. The van der Waals surface area contributed by atoms with Gasteiger partial charge in [-0.15, -0.1) is 0 Å². The Morgan fingerprint density at radius 2 is 2.00 bits per heavy atom. The molecule has 0 saturated heterocycles. The molecule has 6 heteroatoms. The van der Waals surface area contributed by atoms with Crippen LogP contribution in [0.25, 0.3) is 16.9 Å². The molecule has 4 N–H and O–H groups in total. The number of rotatable bonds is 2. The summed E-state index contributed by atoms with van der Waals surface area (Å²) in [5.74, 6) is -0.751. The molecule has 0 aliphatic rings. The summed E-state index contributed by atoms with van der Waals surface area (Å²) in [6.45, 7) is 0. The summed E-state index contributed by atoms with van der Waals surface area (Å²) >= 11 is 0. The normalized spacial score (nSPS) is 10.8. The minimum atomic E-state index is -1.14. The van der Waals surface area contributed by atoms with Gasteiger partial charge in [0, 0.05) is 11.9 Å². The van der Waals surface area contributed by atoms with Gasteiger partial charge in [0.25, 0.3) is 0 Å². The third-order valence-electron chi connectivity index (χ3n) is 3.02. The predicted octanol–water partition coefficient (Wildman–Crippen LogP) is 1.99. The first kappa shape index (κ1) is 12.0. The Kier molecular flexibility index (Phi) is 2.57. The lowest BCUT2D eigenvalue weighted by Crippen LogP contribution is -1.97. The number of phenols is 1. The van der Waals surface area contributed by atoms with Gasteiger partial charge in [0.1, 0.15) is 11.6 Å². The highest BCUT2D eigenvalue weighted by atomic mass is 16.4. The predicted molar refractivity (Wildman–Crippen MR) is 73.7 cm³/mol. The number of aromatic carboxylic acids is 1. The smallest absolute Gasteiger partial charge is 0.356 e. The average Bonchev–Trinajstić information content (AvgIpc) is 2.78. The van der Waals surface area contributed by atoms with E-state index >= 15 is 0 Å². The average molecular weight is 269 g/mol. The number of phenolic OH excluding ortho intramolecular Hbond substituents is 1. The molecule has 3 aromatic rings. The first-order chi connectivity index (χ1) is 9.58. The van der Waals surface area contributed by atoms with Crippen LogP contribution in [0.3, 0.4) is 0 Å². The summed E-state index contributed by atoms with van der Waals surface area (Å²) in [5.41, 5.74) is 6.88. The lowest BCUT2D eigenvalue weighted by molar-refractivity contribution is 0.0693. The Bertz CT molecular complexity index is 824. The molecule has 20 heavy (non-hydrogen) atoms. The molecule has 0 saturated carbocycles. The maximum absolute atomic E-state index is 11.3. The van der Waals surface area contributed by atoms with Gasteiger partial charge < -0.3 is 15.9 Å². The molecule has 0 aliphatic heterocycles. The number of nitrogens with two attached hydrogens (primary N) is 1. The zero-order valence-corrected chi connectivity index (χ0v) is 10.3. The Balaban J connectivity index is 2.38. The molecular weight excluding hydrogens is 258 g/mol. The van der Waals surface area contributed by atoms with E-state index in [-0.39, 0.29) is 11.4 Å². The van der Waals surface area contributed by atoms with E-state index < -0.39 is 5.97 Å². The van der Waals surface area contributed by atoms with Crippen molar-refractivity contribution >= 4 is 17.2 Å². The fourth-order valence-corrected chi connectivity index (χ4v) is 2.11. The van der Waals surface area contributed by atoms with Crippen LogP contribution in [0.2, 0.25) is 0 Å². The van der Waals surface area contributed by atoms with Crippen LogP contribution in [0.15, 0.2) is 42.6 Å². The van der Waals surface area contributed by atoms with E-state index in [0.717, 1.165) is 0 Å². The molecule has 0 radical (unpaired) electrons. The van der Waals surface area contributed by atoms with E-state index in [4.69, 9.17) is 5.73 Å². The van der Waals surface area contributed by atoms with Crippen LogP contribution in [0.1, 0.15) is 10.5 Å². The summed E-state index contributed by atoms with van der Waals surface area (Å²) < 4.78 is 1.59. The number of anilines is 1. The highest BCUT2D eigenvalue weighted by molar-refractivity contribution is 5.95. The molecular formula is C14H11N3O3. The van der Waals surface area contributed by atoms with E-state index in [0.29, 0.717) is 22.6 Å². The van der Waals surface area contributed by atoms with Crippen molar-refractivity contribution < 1.29 is 15.0 Å². The van der Waals surface area contributed by atoms with Gasteiger partial charge in [-0.05, 0) is 24.3 Å². The summed E-state index contributed by atoms with van der Waals surface area (Å²) in [4.78, 5) is 15.4. The summed E-state index contributed by atoms with van der Waals surface area (Å²) in [5, 5.41) is 19.1. The quantitative estimate of drug-likeness (QED) is 0.660. The van der Waals surface area contributed by atoms with Crippen LogP contribution in [0, 0.1) is 0 Å². The second kappa shape index (κ2) is 4.27. The van der Waals surface area contributed by atoms with Gasteiger partial charge in [0.2, 0.25) is 0 Å². The largest absolute Gasteiger partial charge is 0.507 e. The van der Waals surface area contributed by atoms with Gasteiger partial charge in [-0.3, -0.25) is 4.40 Å². The molecule has 0 bridgehead atoms. The van der Waals surface area contributed by atoms with Crippen molar-refractivity contribution in [2.24, 2.45) is 0 Å². The second-order valence-corrected chi connectivity index (χ2v) is 4.32. The van der Waals surface area contributed by atoms with Crippen molar-refractivity contribution in [3.8, 4) is 17.1 Å². The van der Waals surface area contributed by atoms with E-state index in [1.807, 2.05) is 0 Å². The zero-order valence-electron chi connectivity index (χ0n) is 10.3. The third kappa shape index (κ3) is 1.74. The maximum Gasteiger partial charge on any atom is 0.356 e. The molecule has 0 unspecified atom stereocenters. The van der Waals surface area contributed by atoms with Crippen molar-refractivity contribution in [3.63, 3.8) is 0 Å². The fourth-order valence-electron chi connectivity index (χ4n) is 2.11. The van der Waals surface area contributed by atoms with E-state index in [1.165, 1.54) is 6.07 Å². The molecule has 0 fully saturated rings. The highest BCUT2D eigenvalue weighted by Crippen LogP contribution is 2.30. The molecule has 0 atom stereocenters. The van der Waals surface area contributed by atoms with Crippen LogP contribution in [0.4, 0.5) is 5.69 Å². The number of pyridine rings is 1. The zero-order chi connectivity index (χ0) is 14.3. The minimum absolute atomic E-state index is 0.0353. The van der Waals surface area contributed by atoms with Crippen molar-refractivity contribution in [1.29, 1.82) is 0 Å². The molecule has 2 aromatic heterocycles. The van der Waals surface area contributed by atoms with Gasteiger partial charge in [0.05, 0.1) is 11.1 Å². The lowest BCUT2D eigenvalue weighted by Gasteiger charge is -2.03. The molecule has 6 nitrogen and oxygen atoms in total. The van der Waals surface area contributed by atoms with Crippen molar-refractivity contribution in [2.75, 3.05) is 5.73 Å². The lowest BCUT2D eigenvalue weighted by atomic mass is 10.2. The highest BCUT2D eigenvalue weighted by Gasteiger charge is 2.19. The Hall–Kier alpha value is -3.02. The number of hydrogen-bond acceptors (Lipinski definition) is 4. The number of carboxylic acid groups (broad SMARTS) is 1. The number of nitrogen functional groups attached to an aromatic ring is 1. The number of fused-ring (bicyclic) bond motifs is 1.